The van der Waals surface area contributed by atoms with Crippen molar-refractivity contribution in [1.29, 1.82) is 0 Å². The minimum absolute atomic E-state index is 0.0600. The molecule has 0 bridgehead atoms. The van der Waals surface area contributed by atoms with E-state index in [-0.39, 0.29) is 11.9 Å². The number of nitrogens with two attached hydrogens (primary N) is 1. The third kappa shape index (κ3) is 2.98. The molecule has 14 heavy (non-hydrogen) atoms. The van der Waals surface area contributed by atoms with Gasteiger partial charge in [0.05, 0.1) is 12.5 Å². The number of hydrogen-bond donors (Lipinski definition) is 1. The molecule has 0 aliphatic heterocycles. The molecule has 1 fully saturated rings. The van der Waals surface area contributed by atoms with Crippen LogP contribution in [0.1, 0.15) is 39.0 Å². The molecule has 0 saturated heterocycles. The molecule has 1 saturated carbocycles. The summed E-state index contributed by atoms with van der Waals surface area (Å²) in [5.74, 6) is 0.310. The van der Waals surface area contributed by atoms with Gasteiger partial charge in [-0.05, 0) is 25.7 Å². The van der Waals surface area contributed by atoms with Crippen molar-refractivity contribution in [3.8, 4) is 0 Å². The van der Waals surface area contributed by atoms with Crippen molar-refractivity contribution in [3.05, 3.63) is 0 Å². The molecule has 82 valence electrons. The van der Waals surface area contributed by atoms with Gasteiger partial charge in [-0.2, -0.15) is 0 Å². The summed E-state index contributed by atoms with van der Waals surface area (Å²) in [6.07, 6.45) is 6.05. The summed E-state index contributed by atoms with van der Waals surface area (Å²) >= 11 is 0. The van der Waals surface area contributed by atoms with Gasteiger partial charge in [0.2, 0.25) is 0 Å². The van der Waals surface area contributed by atoms with Gasteiger partial charge in [-0.1, -0.05) is 19.3 Å². The van der Waals surface area contributed by atoms with Crippen LogP contribution in [0.4, 0.5) is 0 Å². The van der Waals surface area contributed by atoms with Crippen molar-refractivity contribution in [1.82, 2.24) is 0 Å². The van der Waals surface area contributed by atoms with Crippen LogP contribution in [-0.4, -0.2) is 19.1 Å². The Hall–Kier alpha value is -0.570. The fourth-order valence-corrected chi connectivity index (χ4v) is 2.27. The Bertz CT molecular complexity index is 176. The lowest BCUT2D eigenvalue weighted by Gasteiger charge is -2.27. The molecule has 0 aromatic heterocycles. The first-order chi connectivity index (χ1) is 6.79. The standard InChI is InChI=1S/C11H21NO2/c1-2-14-11(13)10(8-12)9-6-4-3-5-7-9/h9-10H,2-8,12H2,1H3/t10-/m1/s1. The van der Waals surface area contributed by atoms with Crippen molar-refractivity contribution in [3.63, 3.8) is 0 Å². The Morgan fingerprint density at radius 1 is 1.43 bits per heavy atom. The maximum atomic E-state index is 11.6. The third-order valence-corrected chi connectivity index (χ3v) is 3.06. The fraction of sp³-hybridized carbons (Fsp3) is 0.909. The van der Waals surface area contributed by atoms with Gasteiger partial charge in [0.15, 0.2) is 0 Å². The van der Waals surface area contributed by atoms with Gasteiger partial charge in [-0.25, -0.2) is 0 Å². The number of esters is 1. The number of ether oxygens (including phenoxy) is 1. The van der Waals surface area contributed by atoms with Crippen molar-refractivity contribution in [2.45, 2.75) is 39.0 Å². The molecule has 1 rings (SSSR count). The average Bonchev–Trinajstić information content (AvgIpc) is 2.21. The second-order valence-electron chi connectivity index (χ2n) is 3.99. The molecule has 3 heteroatoms. The van der Waals surface area contributed by atoms with Crippen LogP contribution in [0.25, 0.3) is 0 Å². The Morgan fingerprint density at radius 2 is 2.07 bits per heavy atom. The highest BCUT2D eigenvalue weighted by Crippen LogP contribution is 2.30. The second kappa shape index (κ2) is 6.02. The summed E-state index contributed by atoms with van der Waals surface area (Å²) in [5, 5.41) is 0. The van der Waals surface area contributed by atoms with Crippen LogP contribution in [0.5, 0.6) is 0 Å². The topological polar surface area (TPSA) is 52.3 Å². The molecule has 0 aromatic carbocycles. The molecule has 0 unspecified atom stereocenters. The van der Waals surface area contributed by atoms with Gasteiger partial charge < -0.3 is 10.5 Å². The van der Waals surface area contributed by atoms with Crippen molar-refractivity contribution in [2.24, 2.45) is 17.6 Å². The molecular formula is C11H21NO2. The minimum Gasteiger partial charge on any atom is -0.466 e. The van der Waals surface area contributed by atoms with Gasteiger partial charge in [0.1, 0.15) is 0 Å². The predicted octanol–water partition coefficient (Wildman–Crippen LogP) is 1.70. The van der Waals surface area contributed by atoms with Crippen molar-refractivity contribution in [2.75, 3.05) is 13.2 Å². The van der Waals surface area contributed by atoms with Gasteiger partial charge in [0.25, 0.3) is 0 Å². The minimum atomic E-state index is -0.0955. The van der Waals surface area contributed by atoms with Gasteiger partial charge >= 0.3 is 5.97 Å². The lowest BCUT2D eigenvalue weighted by molar-refractivity contribution is -0.150. The molecule has 2 N–H and O–H groups in total. The fourth-order valence-electron chi connectivity index (χ4n) is 2.27. The van der Waals surface area contributed by atoms with E-state index in [1.807, 2.05) is 6.92 Å². The molecule has 1 aliphatic rings. The summed E-state index contributed by atoms with van der Waals surface area (Å²) in [4.78, 5) is 11.6. The number of carbonyl (C=O) groups excluding carboxylic acids is 1. The normalized spacial score (nSPS) is 20.4. The monoisotopic (exact) mass is 199 g/mol. The van der Waals surface area contributed by atoms with E-state index in [4.69, 9.17) is 10.5 Å². The van der Waals surface area contributed by atoms with E-state index in [9.17, 15) is 4.79 Å². The summed E-state index contributed by atoms with van der Waals surface area (Å²) in [7, 11) is 0. The third-order valence-electron chi connectivity index (χ3n) is 3.06. The van der Waals surface area contributed by atoms with Crippen LogP contribution in [0.2, 0.25) is 0 Å². The highest BCUT2D eigenvalue weighted by molar-refractivity contribution is 5.73. The highest BCUT2D eigenvalue weighted by atomic mass is 16.5. The first-order valence-electron chi connectivity index (χ1n) is 5.66. The van der Waals surface area contributed by atoms with Gasteiger partial charge in [-0.15, -0.1) is 0 Å². The van der Waals surface area contributed by atoms with Crippen LogP contribution in [0.3, 0.4) is 0 Å². The average molecular weight is 199 g/mol. The van der Waals surface area contributed by atoms with Crippen LogP contribution < -0.4 is 5.73 Å². The van der Waals surface area contributed by atoms with Crippen LogP contribution in [0, 0.1) is 11.8 Å². The zero-order valence-corrected chi connectivity index (χ0v) is 9.00. The van der Waals surface area contributed by atoms with E-state index < -0.39 is 0 Å². The Morgan fingerprint density at radius 3 is 2.57 bits per heavy atom. The number of carbonyl (C=O) groups is 1. The van der Waals surface area contributed by atoms with Crippen LogP contribution in [0.15, 0.2) is 0 Å². The largest absolute Gasteiger partial charge is 0.466 e. The molecule has 1 atom stereocenters. The summed E-state index contributed by atoms with van der Waals surface area (Å²) < 4.78 is 5.03. The number of rotatable bonds is 4. The Labute approximate surface area is 86.0 Å². The van der Waals surface area contributed by atoms with E-state index >= 15 is 0 Å². The second-order valence-corrected chi connectivity index (χ2v) is 3.99. The zero-order chi connectivity index (χ0) is 10.4. The van der Waals surface area contributed by atoms with E-state index in [1.54, 1.807) is 0 Å². The molecule has 3 nitrogen and oxygen atoms in total. The molecule has 0 radical (unpaired) electrons. The maximum Gasteiger partial charge on any atom is 0.310 e. The first kappa shape index (κ1) is 11.5. The quantitative estimate of drug-likeness (QED) is 0.701. The SMILES string of the molecule is CCOC(=O)[C@H](CN)C1CCCCC1. The summed E-state index contributed by atoms with van der Waals surface area (Å²) in [6.45, 7) is 2.73. The van der Waals surface area contributed by atoms with Crippen LogP contribution in [-0.2, 0) is 9.53 Å². The van der Waals surface area contributed by atoms with E-state index in [0.717, 1.165) is 12.8 Å². The van der Waals surface area contributed by atoms with Crippen LogP contribution >= 0.6 is 0 Å². The highest BCUT2D eigenvalue weighted by Gasteiger charge is 2.29. The molecule has 0 amide bonds. The lowest BCUT2D eigenvalue weighted by atomic mass is 9.80. The number of hydrogen-bond acceptors (Lipinski definition) is 3. The molecule has 0 heterocycles. The summed E-state index contributed by atoms with van der Waals surface area (Å²) in [6, 6.07) is 0. The Kier molecular flexibility index (Phi) is 4.94. The molecule has 0 spiro atoms. The zero-order valence-electron chi connectivity index (χ0n) is 9.00. The Balaban J connectivity index is 2.46. The molecule has 1 aliphatic carbocycles. The molecule has 0 aromatic rings. The smallest absolute Gasteiger partial charge is 0.310 e. The van der Waals surface area contributed by atoms with Gasteiger partial charge in [-0.3, -0.25) is 4.79 Å². The maximum absolute atomic E-state index is 11.6. The van der Waals surface area contributed by atoms with Gasteiger partial charge in [0, 0.05) is 6.54 Å². The van der Waals surface area contributed by atoms with E-state index in [1.165, 1.54) is 19.3 Å². The lowest BCUT2D eigenvalue weighted by Crippen LogP contribution is -2.33. The van der Waals surface area contributed by atoms with E-state index in [2.05, 4.69) is 0 Å². The van der Waals surface area contributed by atoms with Crippen molar-refractivity contribution >= 4 is 5.97 Å². The van der Waals surface area contributed by atoms with Crippen molar-refractivity contribution < 1.29 is 9.53 Å². The first-order valence-corrected chi connectivity index (χ1v) is 5.66. The van der Waals surface area contributed by atoms with E-state index in [0.29, 0.717) is 19.1 Å². The predicted molar refractivity (Wildman–Crippen MR) is 55.8 cm³/mol. The summed E-state index contributed by atoms with van der Waals surface area (Å²) in [5.41, 5.74) is 5.63. The molecular weight excluding hydrogens is 178 g/mol.